The van der Waals surface area contributed by atoms with E-state index in [1.807, 2.05) is 0 Å². The lowest BCUT2D eigenvalue weighted by atomic mass is 9.96. The molecule has 0 bridgehead atoms. The fourth-order valence-electron chi connectivity index (χ4n) is 1.29. The van der Waals surface area contributed by atoms with E-state index in [1.54, 1.807) is 6.92 Å². The highest BCUT2D eigenvalue weighted by molar-refractivity contribution is 4.77. The average Bonchev–Trinajstić information content (AvgIpc) is 1.96. The zero-order chi connectivity index (χ0) is 8.97. The van der Waals surface area contributed by atoms with Crippen molar-refractivity contribution in [1.29, 1.82) is 0 Å². The minimum absolute atomic E-state index is 0.272. The van der Waals surface area contributed by atoms with E-state index in [9.17, 15) is 0 Å². The molecule has 0 spiro atoms. The van der Waals surface area contributed by atoms with Gasteiger partial charge in [0.2, 0.25) is 0 Å². The maximum absolute atomic E-state index is 8.91. The van der Waals surface area contributed by atoms with Gasteiger partial charge in [-0.1, -0.05) is 6.92 Å². The molecule has 0 aromatic carbocycles. The molecule has 72 valence electrons. The first kappa shape index (κ1) is 9.96. The molecule has 1 aliphatic heterocycles. The van der Waals surface area contributed by atoms with E-state index in [2.05, 4.69) is 6.92 Å². The van der Waals surface area contributed by atoms with E-state index < -0.39 is 0 Å². The minimum Gasteiger partial charge on any atom is -0.391 e. The molecule has 1 aliphatic rings. The van der Waals surface area contributed by atoms with Crippen LogP contribution < -0.4 is 0 Å². The number of aliphatic hydroxyl groups is 1. The van der Waals surface area contributed by atoms with Crippen LogP contribution in [0.1, 0.15) is 20.3 Å². The van der Waals surface area contributed by atoms with Gasteiger partial charge < -0.3 is 14.6 Å². The summed E-state index contributed by atoms with van der Waals surface area (Å²) in [6.45, 7) is 5.80. The third-order valence-electron chi connectivity index (χ3n) is 2.22. The Kier molecular flexibility index (Phi) is 3.98. The summed E-state index contributed by atoms with van der Waals surface area (Å²) in [6.07, 6.45) is 1.06. The van der Waals surface area contributed by atoms with Crippen LogP contribution >= 0.6 is 0 Å². The second kappa shape index (κ2) is 4.80. The zero-order valence-electron chi connectivity index (χ0n) is 7.82. The molecular weight excluding hydrogens is 156 g/mol. The molecule has 0 aromatic rings. The SMILES string of the molecule is CCC1COC1COCC(C)O. The van der Waals surface area contributed by atoms with Gasteiger partial charge in [0.25, 0.3) is 0 Å². The molecule has 3 atom stereocenters. The Hall–Kier alpha value is -0.120. The first-order valence-corrected chi connectivity index (χ1v) is 4.61. The van der Waals surface area contributed by atoms with E-state index in [1.165, 1.54) is 0 Å². The van der Waals surface area contributed by atoms with E-state index in [-0.39, 0.29) is 12.2 Å². The summed E-state index contributed by atoms with van der Waals surface area (Å²) in [5.41, 5.74) is 0. The van der Waals surface area contributed by atoms with Gasteiger partial charge in [-0.2, -0.15) is 0 Å². The normalized spacial score (nSPS) is 31.2. The Balaban J connectivity index is 2.00. The Bertz CT molecular complexity index is 123. The van der Waals surface area contributed by atoms with Crippen LogP contribution in [0.4, 0.5) is 0 Å². The van der Waals surface area contributed by atoms with Crippen molar-refractivity contribution in [2.75, 3.05) is 19.8 Å². The van der Waals surface area contributed by atoms with Gasteiger partial charge in [-0.05, 0) is 13.3 Å². The first-order chi connectivity index (χ1) is 5.74. The average molecular weight is 174 g/mol. The first-order valence-electron chi connectivity index (χ1n) is 4.61. The molecular formula is C9H18O3. The fraction of sp³-hybridized carbons (Fsp3) is 1.00. The van der Waals surface area contributed by atoms with Crippen LogP contribution in [-0.2, 0) is 9.47 Å². The molecule has 1 heterocycles. The van der Waals surface area contributed by atoms with Gasteiger partial charge in [-0.25, -0.2) is 0 Å². The van der Waals surface area contributed by atoms with E-state index >= 15 is 0 Å². The predicted octanol–water partition coefficient (Wildman–Crippen LogP) is 0.809. The van der Waals surface area contributed by atoms with Gasteiger partial charge in [0.15, 0.2) is 0 Å². The second-order valence-corrected chi connectivity index (χ2v) is 3.43. The quantitative estimate of drug-likeness (QED) is 0.670. The van der Waals surface area contributed by atoms with Crippen LogP contribution in [0.2, 0.25) is 0 Å². The Labute approximate surface area is 73.7 Å². The zero-order valence-corrected chi connectivity index (χ0v) is 7.82. The predicted molar refractivity (Wildman–Crippen MR) is 46.0 cm³/mol. The lowest BCUT2D eigenvalue weighted by Gasteiger charge is -2.36. The van der Waals surface area contributed by atoms with Crippen molar-refractivity contribution in [2.24, 2.45) is 5.92 Å². The van der Waals surface area contributed by atoms with Crippen molar-refractivity contribution in [3.05, 3.63) is 0 Å². The Morgan fingerprint density at radius 2 is 2.42 bits per heavy atom. The molecule has 12 heavy (non-hydrogen) atoms. The van der Waals surface area contributed by atoms with Crippen molar-refractivity contribution in [3.8, 4) is 0 Å². The van der Waals surface area contributed by atoms with Crippen LogP contribution in [0.15, 0.2) is 0 Å². The van der Waals surface area contributed by atoms with Gasteiger partial charge in [0, 0.05) is 5.92 Å². The largest absolute Gasteiger partial charge is 0.391 e. The molecule has 1 rings (SSSR count). The third kappa shape index (κ3) is 2.73. The van der Waals surface area contributed by atoms with Gasteiger partial charge in [0.1, 0.15) is 0 Å². The summed E-state index contributed by atoms with van der Waals surface area (Å²) in [5.74, 6) is 0.666. The lowest BCUT2D eigenvalue weighted by molar-refractivity contribution is -0.151. The summed E-state index contributed by atoms with van der Waals surface area (Å²) in [5, 5.41) is 8.91. The van der Waals surface area contributed by atoms with E-state index in [0.717, 1.165) is 13.0 Å². The van der Waals surface area contributed by atoms with Gasteiger partial charge in [-0.15, -0.1) is 0 Å². The molecule has 0 aliphatic carbocycles. The van der Waals surface area contributed by atoms with Crippen molar-refractivity contribution in [1.82, 2.24) is 0 Å². The molecule has 0 amide bonds. The monoisotopic (exact) mass is 174 g/mol. The van der Waals surface area contributed by atoms with E-state index in [0.29, 0.717) is 19.1 Å². The smallest absolute Gasteiger partial charge is 0.0858 e. The van der Waals surface area contributed by atoms with Crippen molar-refractivity contribution in [2.45, 2.75) is 32.5 Å². The van der Waals surface area contributed by atoms with Crippen LogP contribution in [0, 0.1) is 5.92 Å². The summed E-state index contributed by atoms with van der Waals surface area (Å²) in [4.78, 5) is 0. The lowest BCUT2D eigenvalue weighted by Crippen LogP contribution is -2.42. The third-order valence-corrected chi connectivity index (χ3v) is 2.22. The highest BCUT2D eigenvalue weighted by atomic mass is 16.6. The van der Waals surface area contributed by atoms with Crippen LogP contribution in [0.5, 0.6) is 0 Å². The minimum atomic E-state index is -0.370. The van der Waals surface area contributed by atoms with Crippen LogP contribution in [0.3, 0.4) is 0 Å². The Morgan fingerprint density at radius 1 is 1.67 bits per heavy atom. The summed E-state index contributed by atoms with van der Waals surface area (Å²) in [7, 11) is 0. The maximum Gasteiger partial charge on any atom is 0.0858 e. The topological polar surface area (TPSA) is 38.7 Å². The molecule has 1 fully saturated rings. The molecule has 3 nitrogen and oxygen atoms in total. The number of hydrogen-bond acceptors (Lipinski definition) is 3. The molecule has 1 N–H and O–H groups in total. The summed E-state index contributed by atoms with van der Waals surface area (Å²) < 4.78 is 10.6. The highest BCUT2D eigenvalue weighted by Gasteiger charge is 2.30. The van der Waals surface area contributed by atoms with Crippen molar-refractivity contribution >= 4 is 0 Å². The van der Waals surface area contributed by atoms with Gasteiger partial charge in [0.05, 0.1) is 32.0 Å². The summed E-state index contributed by atoms with van der Waals surface area (Å²) >= 11 is 0. The van der Waals surface area contributed by atoms with E-state index in [4.69, 9.17) is 14.6 Å². The number of ether oxygens (including phenoxy) is 2. The molecule has 1 saturated heterocycles. The molecule has 0 radical (unpaired) electrons. The number of aliphatic hydroxyl groups excluding tert-OH is 1. The molecule has 3 unspecified atom stereocenters. The summed E-state index contributed by atoms with van der Waals surface area (Å²) in [6, 6.07) is 0. The maximum atomic E-state index is 8.91. The molecule has 0 aromatic heterocycles. The van der Waals surface area contributed by atoms with Crippen molar-refractivity contribution in [3.63, 3.8) is 0 Å². The van der Waals surface area contributed by atoms with Gasteiger partial charge in [-0.3, -0.25) is 0 Å². The fourth-order valence-corrected chi connectivity index (χ4v) is 1.29. The number of rotatable bonds is 5. The van der Waals surface area contributed by atoms with Crippen LogP contribution in [-0.4, -0.2) is 37.1 Å². The van der Waals surface area contributed by atoms with Gasteiger partial charge >= 0.3 is 0 Å². The Morgan fingerprint density at radius 3 is 2.83 bits per heavy atom. The highest BCUT2D eigenvalue weighted by Crippen LogP contribution is 2.23. The second-order valence-electron chi connectivity index (χ2n) is 3.43. The van der Waals surface area contributed by atoms with Crippen molar-refractivity contribution < 1.29 is 14.6 Å². The number of hydrogen-bond donors (Lipinski definition) is 1. The standard InChI is InChI=1S/C9H18O3/c1-3-8-5-12-9(8)6-11-4-7(2)10/h7-10H,3-6H2,1-2H3. The molecule has 0 saturated carbocycles. The van der Waals surface area contributed by atoms with Crippen LogP contribution in [0.25, 0.3) is 0 Å². The molecule has 3 heteroatoms.